The van der Waals surface area contributed by atoms with Crippen LogP contribution in [0.3, 0.4) is 0 Å². The predicted octanol–water partition coefficient (Wildman–Crippen LogP) is 2.31. The number of methoxy groups -OCH3 is 1. The fraction of sp³-hybridized carbons (Fsp3) is 0.429. The van der Waals surface area contributed by atoms with Crippen molar-refractivity contribution in [1.82, 2.24) is 20.5 Å². The van der Waals surface area contributed by atoms with Crippen molar-refractivity contribution in [3.05, 3.63) is 34.3 Å². The van der Waals surface area contributed by atoms with Crippen molar-refractivity contribution in [2.75, 3.05) is 20.3 Å². The van der Waals surface area contributed by atoms with Crippen molar-refractivity contribution >= 4 is 15.9 Å². The molecule has 0 saturated carbocycles. The lowest BCUT2D eigenvalue weighted by Gasteiger charge is -2.13. The maximum Gasteiger partial charge on any atom is 0.175 e. The first-order valence-electron chi connectivity index (χ1n) is 6.78. The number of rotatable bonds is 8. The monoisotopic (exact) mass is 354 g/mol. The van der Waals surface area contributed by atoms with Gasteiger partial charge in [-0.25, -0.2) is 4.98 Å². The SMILES string of the molecule is CCOc1c(Br)cc(CNCCc2ncn[nH]2)cc1OC. The Hall–Kier alpha value is -1.60. The minimum Gasteiger partial charge on any atom is -0.493 e. The maximum absolute atomic E-state index is 5.58. The molecule has 114 valence electrons. The summed E-state index contributed by atoms with van der Waals surface area (Å²) in [5.41, 5.74) is 1.12. The number of aromatic nitrogens is 3. The lowest BCUT2D eigenvalue weighted by Crippen LogP contribution is -2.17. The Morgan fingerprint density at radius 1 is 1.38 bits per heavy atom. The predicted molar refractivity (Wildman–Crippen MR) is 83.7 cm³/mol. The van der Waals surface area contributed by atoms with E-state index in [1.54, 1.807) is 7.11 Å². The Balaban J connectivity index is 1.92. The van der Waals surface area contributed by atoms with Gasteiger partial charge < -0.3 is 14.8 Å². The normalized spacial score (nSPS) is 10.6. The molecule has 6 nitrogen and oxygen atoms in total. The van der Waals surface area contributed by atoms with Crippen molar-refractivity contribution in [2.24, 2.45) is 0 Å². The first-order valence-corrected chi connectivity index (χ1v) is 7.58. The lowest BCUT2D eigenvalue weighted by molar-refractivity contribution is 0.308. The van der Waals surface area contributed by atoms with Gasteiger partial charge in [0.15, 0.2) is 11.5 Å². The van der Waals surface area contributed by atoms with Crippen LogP contribution in [0.2, 0.25) is 0 Å². The maximum atomic E-state index is 5.58. The van der Waals surface area contributed by atoms with E-state index >= 15 is 0 Å². The van der Waals surface area contributed by atoms with Gasteiger partial charge in [0, 0.05) is 19.5 Å². The zero-order chi connectivity index (χ0) is 15.1. The van der Waals surface area contributed by atoms with E-state index < -0.39 is 0 Å². The topological polar surface area (TPSA) is 72.1 Å². The molecule has 0 aliphatic rings. The number of aromatic amines is 1. The molecule has 0 unspecified atom stereocenters. The Morgan fingerprint density at radius 3 is 2.90 bits per heavy atom. The summed E-state index contributed by atoms with van der Waals surface area (Å²) in [7, 11) is 1.64. The Morgan fingerprint density at radius 2 is 2.24 bits per heavy atom. The number of hydrogen-bond acceptors (Lipinski definition) is 5. The Labute approximate surface area is 132 Å². The van der Waals surface area contributed by atoms with Gasteiger partial charge in [-0.3, -0.25) is 5.10 Å². The highest BCUT2D eigenvalue weighted by molar-refractivity contribution is 9.10. The van der Waals surface area contributed by atoms with Crippen molar-refractivity contribution in [3.8, 4) is 11.5 Å². The Kier molecular flexibility index (Phi) is 6.01. The molecule has 0 amide bonds. The molecule has 2 rings (SSSR count). The number of H-pyrrole nitrogens is 1. The molecule has 0 bridgehead atoms. The molecule has 1 aromatic heterocycles. The highest BCUT2D eigenvalue weighted by atomic mass is 79.9. The highest BCUT2D eigenvalue weighted by Gasteiger charge is 2.11. The number of halogens is 1. The number of benzene rings is 1. The van der Waals surface area contributed by atoms with Crippen LogP contribution in [0.1, 0.15) is 18.3 Å². The molecule has 0 aliphatic heterocycles. The van der Waals surface area contributed by atoms with Gasteiger partial charge in [-0.15, -0.1) is 0 Å². The first-order chi connectivity index (χ1) is 10.2. The molecule has 0 radical (unpaired) electrons. The smallest absolute Gasteiger partial charge is 0.175 e. The second kappa shape index (κ2) is 7.99. The van der Waals surface area contributed by atoms with E-state index in [9.17, 15) is 0 Å². The van der Waals surface area contributed by atoms with Crippen LogP contribution in [0.4, 0.5) is 0 Å². The molecule has 2 N–H and O–H groups in total. The lowest BCUT2D eigenvalue weighted by atomic mass is 10.2. The molecule has 7 heteroatoms. The van der Waals surface area contributed by atoms with Crippen LogP contribution < -0.4 is 14.8 Å². The average Bonchev–Trinajstić information content (AvgIpc) is 2.99. The van der Waals surface area contributed by atoms with E-state index in [-0.39, 0.29) is 0 Å². The van der Waals surface area contributed by atoms with E-state index in [0.29, 0.717) is 6.61 Å². The summed E-state index contributed by atoms with van der Waals surface area (Å²) >= 11 is 3.52. The van der Waals surface area contributed by atoms with Crippen molar-refractivity contribution in [2.45, 2.75) is 19.9 Å². The number of nitrogens with zero attached hydrogens (tertiary/aromatic N) is 2. The second-order valence-corrected chi connectivity index (χ2v) is 5.26. The van der Waals surface area contributed by atoms with Crippen molar-refractivity contribution in [1.29, 1.82) is 0 Å². The summed E-state index contributed by atoms with van der Waals surface area (Å²) in [6.45, 7) is 4.12. The molecule has 2 aromatic rings. The molecular weight excluding hydrogens is 336 g/mol. The third kappa shape index (κ3) is 4.44. The van der Waals surface area contributed by atoms with Crippen LogP contribution in [-0.2, 0) is 13.0 Å². The molecule has 0 saturated heterocycles. The summed E-state index contributed by atoms with van der Waals surface area (Å²) < 4.78 is 11.9. The van der Waals surface area contributed by atoms with Crippen LogP contribution >= 0.6 is 15.9 Å². The van der Waals surface area contributed by atoms with Crippen LogP contribution in [0, 0.1) is 0 Å². The molecule has 0 spiro atoms. The largest absolute Gasteiger partial charge is 0.493 e. The molecule has 1 aromatic carbocycles. The number of nitrogens with one attached hydrogen (secondary N) is 2. The van der Waals surface area contributed by atoms with Crippen molar-refractivity contribution in [3.63, 3.8) is 0 Å². The zero-order valence-corrected chi connectivity index (χ0v) is 13.7. The quantitative estimate of drug-likeness (QED) is 0.711. The molecule has 21 heavy (non-hydrogen) atoms. The second-order valence-electron chi connectivity index (χ2n) is 4.40. The van der Waals surface area contributed by atoms with E-state index in [4.69, 9.17) is 9.47 Å². The van der Waals surface area contributed by atoms with Gasteiger partial charge in [0.1, 0.15) is 12.2 Å². The Bertz CT molecular complexity index is 560. The summed E-state index contributed by atoms with van der Waals surface area (Å²) in [6, 6.07) is 4.02. The fourth-order valence-corrected chi connectivity index (χ4v) is 2.55. The van der Waals surface area contributed by atoms with E-state index in [1.165, 1.54) is 6.33 Å². The number of hydrogen-bond donors (Lipinski definition) is 2. The summed E-state index contributed by atoms with van der Waals surface area (Å²) in [4.78, 5) is 4.08. The van der Waals surface area contributed by atoms with Gasteiger partial charge in [0.05, 0.1) is 18.2 Å². The highest BCUT2D eigenvalue weighted by Crippen LogP contribution is 2.36. The standard InChI is InChI=1S/C14H19BrN4O2/c1-3-21-14-11(15)6-10(7-12(14)20-2)8-16-5-4-13-17-9-18-19-13/h6-7,9,16H,3-5,8H2,1-2H3,(H,17,18,19). The fourth-order valence-electron chi connectivity index (χ4n) is 1.95. The van der Waals surface area contributed by atoms with Crippen LogP contribution in [0.25, 0.3) is 0 Å². The van der Waals surface area contributed by atoms with E-state index in [0.717, 1.165) is 46.9 Å². The van der Waals surface area contributed by atoms with Gasteiger partial charge in [0.2, 0.25) is 0 Å². The van der Waals surface area contributed by atoms with E-state index in [2.05, 4.69) is 36.4 Å². The third-order valence-electron chi connectivity index (χ3n) is 2.91. The minimum absolute atomic E-state index is 0.601. The van der Waals surface area contributed by atoms with Crippen LogP contribution in [-0.4, -0.2) is 35.4 Å². The van der Waals surface area contributed by atoms with Gasteiger partial charge in [0.25, 0.3) is 0 Å². The number of ether oxygens (including phenoxy) is 2. The summed E-state index contributed by atoms with van der Waals surface area (Å²) in [5.74, 6) is 2.36. The van der Waals surface area contributed by atoms with Gasteiger partial charge in [-0.2, -0.15) is 5.10 Å². The molecular formula is C14H19BrN4O2. The van der Waals surface area contributed by atoms with Gasteiger partial charge in [-0.05, 0) is 40.5 Å². The molecule has 1 heterocycles. The molecule has 0 atom stereocenters. The zero-order valence-electron chi connectivity index (χ0n) is 12.1. The summed E-state index contributed by atoms with van der Waals surface area (Å²) in [6.07, 6.45) is 2.33. The molecule has 0 fully saturated rings. The minimum atomic E-state index is 0.601. The van der Waals surface area contributed by atoms with Gasteiger partial charge >= 0.3 is 0 Å². The summed E-state index contributed by atoms with van der Waals surface area (Å²) in [5, 5.41) is 10.0. The first kappa shape index (κ1) is 15.8. The van der Waals surface area contributed by atoms with E-state index in [1.807, 2.05) is 19.1 Å². The molecule has 0 aliphatic carbocycles. The van der Waals surface area contributed by atoms with Crippen LogP contribution in [0.5, 0.6) is 11.5 Å². The van der Waals surface area contributed by atoms with Gasteiger partial charge in [-0.1, -0.05) is 0 Å². The van der Waals surface area contributed by atoms with Crippen molar-refractivity contribution < 1.29 is 9.47 Å². The third-order valence-corrected chi connectivity index (χ3v) is 3.50. The van der Waals surface area contributed by atoms with Crippen LogP contribution in [0.15, 0.2) is 22.9 Å². The average molecular weight is 355 g/mol.